The van der Waals surface area contributed by atoms with Crippen LogP contribution in [-0.4, -0.2) is 24.6 Å². The van der Waals surface area contributed by atoms with Crippen molar-refractivity contribution in [2.75, 3.05) is 0 Å². The van der Waals surface area contributed by atoms with E-state index in [9.17, 15) is 8.78 Å². The number of aromatic nitrogens is 5. The molecule has 29 heavy (non-hydrogen) atoms. The maximum Gasteiger partial charge on any atom is 0.280 e. The molecule has 0 saturated heterocycles. The molecule has 0 unspecified atom stereocenters. The lowest BCUT2D eigenvalue weighted by Gasteiger charge is -2.01. The van der Waals surface area contributed by atoms with E-state index < -0.39 is 6.43 Å². The van der Waals surface area contributed by atoms with Gasteiger partial charge in [-0.15, -0.1) is 16.4 Å². The second-order valence-electron chi connectivity index (χ2n) is 7.47. The van der Waals surface area contributed by atoms with Gasteiger partial charge in [-0.25, -0.2) is 28.2 Å². The molecule has 0 bridgehead atoms. The van der Waals surface area contributed by atoms with E-state index in [-0.39, 0.29) is 5.69 Å². The molecule has 5 nitrogen and oxygen atoms in total. The van der Waals surface area contributed by atoms with Gasteiger partial charge in [0.1, 0.15) is 21.6 Å². The van der Waals surface area contributed by atoms with Gasteiger partial charge in [0.25, 0.3) is 6.43 Å². The van der Waals surface area contributed by atoms with E-state index in [1.165, 1.54) is 23.0 Å². The average Bonchev–Trinajstić information content (AvgIpc) is 3.24. The summed E-state index contributed by atoms with van der Waals surface area (Å²) in [5.41, 5.74) is 3.31. The number of hydrogen-bond acceptors (Lipinski definition) is 5. The van der Waals surface area contributed by atoms with Gasteiger partial charge in [0.05, 0.1) is 5.52 Å². The fraction of sp³-hybridized carbons (Fsp3) is 0.238. The van der Waals surface area contributed by atoms with Gasteiger partial charge in [-0.2, -0.15) is 0 Å². The Morgan fingerprint density at radius 3 is 2.76 bits per heavy atom. The Kier molecular flexibility index (Phi) is 3.50. The topological polar surface area (TPSA) is 56.0 Å². The highest BCUT2D eigenvalue weighted by Gasteiger charge is 2.42. The fourth-order valence-corrected chi connectivity index (χ4v) is 5.25. The zero-order chi connectivity index (χ0) is 19.7. The van der Waals surface area contributed by atoms with E-state index in [0.717, 1.165) is 33.4 Å². The lowest BCUT2D eigenvalue weighted by molar-refractivity contribution is 0.146. The molecule has 1 aliphatic rings. The molecule has 0 radical (unpaired) electrons. The number of aryl methyl sites for hydroxylation is 1. The number of hydrogen-bond donors (Lipinski definition) is 0. The molecule has 8 heteroatoms. The third-order valence-electron chi connectivity index (χ3n) is 5.57. The lowest BCUT2D eigenvalue weighted by Crippen LogP contribution is -1.92. The lowest BCUT2D eigenvalue weighted by atomic mass is 10.1. The Bertz CT molecular complexity index is 1390. The molecule has 2 atom stereocenters. The van der Waals surface area contributed by atoms with Crippen LogP contribution in [-0.2, 0) is 0 Å². The van der Waals surface area contributed by atoms with Crippen molar-refractivity contribution < 1.29 is 8.78 Å². The summed E-state index contributed by atoms with van der Waals surface area (Å²) in [6.07, 6.45) is 0.0870. The van der Waals surface area contributed by atoms with Gasteiger partial charge in [0.2, 0.25) is 0 Å². The minimum atomic E-state index is -2.60. The number of benzene rings is 1. The third-order valence-corrected chi connectivity index (χ3v) is 6.64. The van der Waals surface area contributed by atoms with Gasteiger partial charge >= 0.3 is 0 Å². The van der Waals surface area contributed by atoms with Gasteiger partial charge in [0.15, 0.2) is 11.5 Å². The van der Waals surface area contributed by atoms with Crippen LogP contribution in [0.2, 0.25) is 0 Å². The van der Waals surface area contributed by atoms with E-state index in [0.29, 0.717) is 22.3 Å². The van der Waals surface area contributed by atoms with Crippen molar-refractivity contribution in [3.63, 3.8) is 0 Å². The van der Waals surface area contributed by atoms with Crippen LogP contribution < -0.4 is 0 Å². The normalized spacial score (nSPS) is 19.0. The SMILES string of the molecule is Cc1cc(C(F)F)nc2sc3c(ncn4nc([C@H]5C[C@H]5c5ccccc5)nc34)c12. The summed E-state index contributed by atoms with van der Waals surface area (Å²) in [6, 6.07) is 11.8. The highest BCUT2D eigenvalue weighted by Crippen LogP contribution is 2.53. The van der Waals surface area contributed by atoms with Gasteiger partial charge in [0, 0.05) is 11.3 Å². The molecule has 4 aromatic heterocycles. The summed E-state index contributed by atoms with van der Waals surface area (Å²) in [6.45, 7) is 1.82. The van der Waals surface area contributed by atoms with E-state index in [4.69, 9.17) is 4.98 Å². The first-order valence-corrected chi connectivity index (χ1v) is 10.2. The molecule has 4 heterocycles. The minimum absolute atomic E-state index is 0.205. The van der Waals surface area contributed by atoms with Crippen molar-refractivity contribution in [3.8, 4) is 0 Å². The number of halogens is 2. The standard InChI is InChI=1S/C21H15F2N5S/c1-10-7-14(18(22)23)25-21-15(10)16-17(29-21)20-26-19(27-28(20)9-24-16)13-8-12(13)11-5-3-2-4-6-11/h2-7,9,12-13,18H,8H2,1H3/t12-,13-/m0/s1. The van der Waals surface area contributed by atoms with E-state index >= 15 is 0 Å². The molecular formula is C21H15F2N5S. The van der Waals surface area contributed by atoms with Crippen LogP contribution in [0.4, 0.5) is 8.78 Å². The molecule has 0 spiro atoms. The first kappa shape index (κ1) is 16.9. The van der Waals surface area contributed by atoms with Crippen molar-refractivity contribution in [3.05, 3.63) is 65.4 Å². The Morgan fingerprint density at radius 1 is 1.14 bits per heavy atom. The molecule has 0 aliphatic heterocycles. The Balaban J connectivity index is 1.49. The summed E-state index contributed by atoms with van der Waals surface area (Å²) < 4.78 is 28.8. The van der Waals surface area contributed by atoms with Crippen molar-refractivity contribution in [2.24, 2.45) is 0 Å². The van der Waals surface area contributed by atoms with E-state index in [1.807, 2.05) is 13.0 Å². The quantitative estimate of drug-likeness (QED) is 0.402. The highest BCUT2D eigenvalue weighted by molar-refractivity contribution is 7.26. The second kappa shape index (κ2) is 6.00. The van der Waals surface area contributed by atoms with Crippen LogP contribution in [0.25, 0.3) is 26.1 Å². The molecule has 0 amide bonds. The number of nitrogens with zero attached hydrogens (tertiary/aromatic N) is 5. The summed E-state index contributed by atoms with van der Waals surface area (Å²) >= 11 is 1.35. The summed E-state index contributed by atoms with van der Waals surface area (Å²) in [5, 5.41) is 5.46. The van der Waals surface area contributed by atoms with Crippen LogP contribution in [0.15, 0.2) is 42.7 Å². The smallest absolute Gasteiger partial charge is 0.236 e. The zero-order valence-corrected chi connectivity index (χ0v) is 16.2. The predicted molar refractivity (Wildman–Crippen MR) is 108 cm³/mol. The number of pyridine rings is 1. The third kappa shape index (κ3) is 2.55. The molecule has 144 valence electrons. The van der Waals surface area contributed by atoms with Crippen LogP contribution in [0.3, 0.4) is 0 Å². The molecule has 6 rings (SSSR count). The molecule has 1 aliphatic carbocycles. The first-order chi connectivity index (χ1) is 14.1. The number of rotatable bonds is 3. The van der Waals surface area contributed by atoms with Crippen LogP contribution in [0, 0.1) is 6.92 Å². The predicted octanol–water partition coefficient (Wildman–Crippen LogP) is 5.40. The van der Waals surface area contributed by atoms with Crippen LogP contribution in [0.1, 0.15) is 47.3 Å². The summed E-state index contributed by atoms with van der Waals surface area (Å²) in [4.78, 5) is 14.1. The van der Waals surface area contributed by atoms with Crippen LogP contribution in [0.5, 0.6) is 0 Å². The average molecular weight is 407 g/mol. The molecular weight excluding hydrogens is 392 g/mol. The summed E-state index contributed by atoms with van der Waals surface area (Å²) in [7, 11) is 0. The Hall–Kier alpha value is -3.00. The molecule has 5 aromatic rings. The fourth-order valence-electron chi connectivity index (χ4n) is 4.07. The highest BCUT2D eigenvalue weighted by atomic mass is 32.1. The maximum atomic E-state index is 13.2. The van der Waals surface area contributed by atoms with Gasteiger partial charge in [-0.3, -0.25) is 0 Å². The van der Waals surface area contributed by atoms with Crippen molar-refractivity contribution in [2.45, 2.75) is 31.6 Å². The van der Waals surface area contributed by atoms with E-state index in [2.05, 4.69) is 39.3 Å². The summed E-state index contributed by atoms with van der Waals surface area (Å²) in [5.74, 6) is 1.55. The van der Waals surface area contributed by atoms with Gasteiger partial charge in [-0.1, -0.05) is 30.3 Å². The first-order valence-electron chi connectivity index (χ1n) is 9.38. The van der Waals surface area contributed by atoms with Crippen molar-refractivity contribution in [1.29, 1.82) is 0 Å². The van der Waals surface area contributed by atoms with E-state index in [1.54, 1.807) is 10.8 Å². The molecule has 0 N–H and O–H groups in total. The molecule has 1 saturated carbocycles. The number of thiophene rings is 1. The molecule has 1 aromatic carbocycles. The second-order valence-corrected chi connectivity index (χ2v) is 8.47. The Labute approximate surface area is 168 Å². The molecule has 1 fully saturated rings. The van der Waals surface area contributed by atoms with Crippen molar-refractivity contribution in [1.82, 2.24) is 24.6 Å². The monoisotopic (exact) mass is 407 g/mol. The largest absolute Gasteiger partial charge is 0.280 e. The Morgan fingerprint density at radius 2 is 1.97 bits per heavy atom. The van der Waals surface area contributed by atoms with Crippen molar-refractivity contribution >= 4 is 37.4 Å². The number of alkyl halides is 2. The minimum Gasteiger partial charge on any atom is -0.236 e. The van der Waals surface area contributed by atoms with Gasteiger partial charge < -0.3 is 0 Å². The van der Waals surface area contributed by atoms with Crippen LogP contribution >= 0.6 is 11.3 Å². The van der Waals surface area contributed by atoms with Gasteiger partial charge in [-0.05, 0) is 36.5 Å². The zero-order valence-electron chi connectivity index (χ0n) is 15.4. The maximum absolute atomic E-state index is 13.2. The number of fused-ring (bicyclic) bond motifs is 5.